The van der Waals surface area contributed by atoms with Crippen LogP contribution in [0.4, 0.5) is 4.39 Å². The largest absolute Gasteiger partial charge is 0.381 e. The summed E-state index contributed by atoms with van der Waals surface area (Å²) in [5.41, 5.74) is 5.42. The van der Waals surface area contributed by atoms with Gasteiger partial charge in [0.05, 0.1) is 39.4 Å². The lowest BCUT2D eigenvalue weighted by Gasteiger charge is -2.33. The molecule has 0 saturated carbocycles. The average Bonchev–Trinajstić information content (AvgIpc) is 3.41. The first kappa shape index (κ1) is 24.8. The number of halogens is 1. The van der Waals surface area contributed by atoms with Crippen LogP contribution in [0, 0.1) is 18.7 Å². The number of hydrogen-bond acceptors (Lipinski definition) is 5. The van der Waals surface area contributed by atoms with Crippen LogP contribution in [0.3, 0.4) is 0 Å². The van der Waals surface area contributed by atoms with Crippen LogP contribution in [0.25, 0.3) is 33.2 Å². The first-order valence-electron chi connectivity index (χ1n) is 12.7. The Morgan fingerprint density at radius 3 is 2.50 bits per heavy atom. The van der Waals surface area contributed by atoms with Gasteiger partial charge in [-0.25, -0.2) is 12.8 Å². The summed E-state index contributed by atoms with van der Waals surface area (Å²) in [5.74, 6) is -0.201. The van der Waals surface area contributed by atoms with E-state index in [0.717, 1.165) is 35.2 Å². The molecule has 4 heterocycles. The van der Waals surface area contributed by atoms with Gasteiger partial charge in [-0.2, -0.15) is 5.10 Å². The number of pyridine rings is 1. The summed E-state index contributed by atoms with van der Waals surface area (Å²) in [5, 5.41) is 4.95. The molecule has 1 fully saturated rings. The van der Waals surface area contributed by atoms with E-state index >= 15 is 4.39 Å². The number of ether oxygens (including phenoxy) is 1. The lowest BCUT2D eigenvalue weighted by atomic mass is 9.86. The van der Waals surface area contributed by atoms with Crippen LogP contribution in [0.5, 0.6) is 0 Å². The van der Waals surface area contributed by atoms with Gasteiger partial charge in [0.1, 0.15) is 5.82 Å². The number of aromatic nitrogens is 4. The van der Waals surface area contributed by atoms with E-state index in [9.17, 15) is 8.42 Å². The molecule has 0 amide bonds. The van der Waals surface area contributed by atoms with Crippen LogP contribution < -0.4 is 0 Å². The molecule has 196 valence electrons. The van der Waals surface area contributed by atoms with Gasteiger partial charge in [-0.3, -0.25) is 9.67 Å². The average molecular weight is 533 g/mol. The van der Waals surface area contributed by atoms with Crippen molar-refractivity contribution in [3.8, 4) is 11.3 Å². The maximum atomic E-state index is 15.5. The lowest BCUT2D eigenvalue weighted by Crippen LogP contribution is -2.27. The Labute approximate surface area is 220 Å². The van der Waals surface area contributed by atoms with Gasteiger partial charge in [-0.1, -0.05) is 24.3 Å². The van der Waals surface area contributed by atoms with E-state index in [-0.39, 0.29) is 22.7 Å². The highest BCUT2D eigenvalue weighted by molar-refractivity contribution is 7.91. The van der Waals surface area contributed by atoms with Crippen molar-refractivity contribution in [1.29, 1.82) is 0 Å². The van der Waals surface area contributed by atoms with Crippen LogP contribution in [0.15, 0.2) is 65.8 Å². The molecule has 3 aromatic heterocycles. The Bertz CT molecular complexity index is 1770. The van der Waals surface area contributed by atoms with Gasteiger partial charge in [0, 0.05) is 49.2 Å². The number of aryl methyl sites for hydroxylation is 2. The van der Waals surface area contributed by atoms with Crippen LogP contribution in [-0.2, 0) is 21.6 Å². The maximum Gasteiger partial charge on any atom is 0.176 e. The van der Waals surface area contributed by atoms with Crippen molar-refractivity contribution < 1.29 is 17.5 Å². The third kappa shape index (κ3) is 4.01. The van der Waals surface area contributed by atoms with Crippen LogP contribution >= 0.6 is 0 Å². The minimum absolute atomic E-state index is 0.0865. The van der Waals surface area contributed by atoms with Crippen molar-refractivity contribution in [2.45, 2.75) is 30.7 Å². The van der Waals surface area contributed by atoms with Crippen molar-refractivity contribution >= 4 is 31.8 Å². The molecular weight excluding hydrogens is 503 g/mol. The maximum absolute atomic E-state index is 15.5. The molecule has 9 heteroatoms. The van der Waals surface area contributed by atoms with Gasteiger partial charge in [-0.05, 0) is 55.5 Å². The zero-order valence-corrected chi connectivity index (χ0v) is 22.4. The van der Waals surface area contributed by atoms with Gasteiger partial charge in [-0.15, -0.1) is 0 Å². The van der Waals surface area contributed by atoms with Gasteiger partial charge in [0.15, 0.2) is 9.84 Å². The van der Waals surface area contributed by atoms with Crippen molar-refractivity contribution in [2.24, 2.45) is 13.0 Å². The third-order valence-corrected chi connectivity index (χ3v) is 8.78. The monoisotopic (exact) mass is 532 g/mol. The Morgan fingerprint density at radius 1 is 1.05 bits per heavy atom. The Hall–Kier alpha value is -3.56. The number of fused-ring (bicyclic) bond motifs is 3. The van der Waals surface area contributed by atoms with Crippen molar-refractivity contribution in [3.05, 3.63) is 77.9 Å². The zero-order chi connectivity index (χ0) is 26.6. The van der Waals surface area contributed by atoms with E-state index in [4.69, 9.17) is 9.72 Å². The summed E-state index contributed by atoms with van der Waals surface area (Å²) in [6.07, 6.45) is 6.31. The molecule has 0 radical (unpaired) electrons. The van der Waals surface area contributed by atoms with Crippen molar-refractivity contribution in [3.63, 3.8) is 0 Å². The predicted octanol–water partition coefficient (Wildman–Crippen LogP) is 5.46. The predicted molar refractivity (Wildman–Crippen MR) is 145 cm³/mol. The number of benzene rings is 2. The van der Waals surface area contributed by atoms with Crippen molar-refractivity contribution in [2.75, 3.05) is 19.5 Å². The molecule has 0 bridgehead atoms. The number of sulfone groups is 1. The Balaban J connectivity index is 1.75. The third-order valence-electron chi connectivity index (χ3n) is 7.64. The topological polar surface area (TPSA) is 79.0 Å². The molecule has 7 nitrogen and oxygen atoms in total. The summed E-state index contributed by atoms with van der Waals surface area (Å²) in [6, 6.07) is 13.8. The van der Waals surface area contributed by atoms with E-state index in [2.05, 4.69) is 9.67 Å². The number of nitrogens with zero attached hydrogens (tertiary/aromatic N) is 4. The minimum Gasteiger partial charge on any atom is -0.381 e. The van der Waals surface area contributed by atoms with E-state index in [0.29, 0.717) is 35.2 Å². The Morgan fingerprint density at radius 2 is 1.82 bits per heavy atom. The first-order chi connectivity index (χ1) is 18.3. The molecule has 1 saturated heterocycles. The second-order valence-electron chi connectivity index (χ2n) is 10.1. The highest BCUT2D eigenvalue weighted by Gasteiger charge is 2.33. The molecule has 2 aromatic carbocycles. The second kappa shape index (κ2) is 9.32. The fourth-order valence-electron chi connectivity index (χ4n) is 5.97. The zero-order valence-electron chi connectivity index (χ0n) is 21.6. The smallest absolute Gasteiger partial charge is 0.176 e. The molecular formula is C29H29FN4O3S. The highest BCUT2D eigenvalue weighted by Crippen LogP contribution is 2.43. The van der Waals surface area contributed by atoms with Crippen molar-refractivity contribution in [1.82, 2.24) is 19.3 Å². The molecule has 5 aromatic rings. The molecule has 1 aliphatic heterocycles. The van der Waals surface area contributed by atoms with Crippen LogP contribution in [0.1, 0.15) is 30.0 Å². The summed E-state index contributed by atoms with van der Waals surface area (Å²) in [6.45, 7) is 3.19. The lowest BCUT2D eigenvalue weighted by molar-refractivity contribution is 0.0548. The highest BCUT2D eigenvalue weighted by atomic mass is 32.2. The van der Waals surface area contributed by atoms with Crippen LogP contribution in [-0.4, -0.2) is 47.2 Å². The van der Waals surface area contributed by atoms with Gasteiger partial charge in [0.25, 0.3) is 0 Å². The molecule has 6 rings (SSSR count). The van der Waals surface area contributed by atoms with Gasteiger partial charge in [0.2, 0.25) is 0 Å². The molecule has 0 aliphatic carbocycles. The quantitative estimate of drug-likeness (QED) is 0.301. The fourth-order valence-corrected chi connectivity index (χ4v) is 6.87. The molecule has 38 heavy (non-hydrogen) atoms. The van der Waals surface area contributed by atoms with E-state index in [1.54, 1.807) is 35.3 Å². The molecule has 1 aliphatic rings. The summed E-state index contributed by atoms with van der Waals surface area (Å²) in [7, 11) is -1.68. The second-order valence-corrected chi connectivity index (χ2v) is 12.1. The Kier molecular flexibility index (Phi) is 6.07. The molecule has 0 N–H and O–H groups in total. The number of rotatable bonds is 5. The first-order valence-corrected chi connectivity index (χ1v) is 14.6. The summed E-state index contributed by atoms with van der Waals surface area (Å²) >= 11 is 0. The summed E-state index contributed by atoms with van der Waals surface area (Å²) in [4.78, 5) is 5.06. The van der Waals surface area contributed by atoms with Gasteiger partial charge < -0.3 is 9.30 Å². The van der Waals surface area contributed by atoms with E-state index in [1.807, 2.05) is 38.2 Å². The normalized spacial score (nSPS) is 15.9. The van der Waals surface area contributed by atoms with E-state index in [1.165, 1.54) is 12.3 Å². The number of hydrogen-bond donors (Lipinski definition) is 0. The minimum atomic E-state index is -3.56. The molecule has 0 spiro atoms. The molecule has 1 atom stereocenters. The SMILES string of the molecule is Cc1cnn(C)c1-c1cnc2c3c(S(C)(=O)=O)cccc3n(C(c3ccccc3F)C3CCOCC3)c2c1. The summed E-state index contributed by atoms with van der Waals surface area (Å²) < 4.78 is 50.9. The standard InChI is InChI=1S/C29H29FN4O3S/c1-18-16-32-33(2)28(18)20-15-24-27(31-17-20)26-23(9-6-10-25(26)38(3,35)36)34(24)29(19-11-13-37-14-12-19)21-7-4-5-8-22(21)30/h4-10,15-17,19,29H,11-14H2,1-3H3. The van der Waals surface area contributed by atoms with E-state index < -0.39 is 9.84 Å². The van der Waals surface area contributed by atoms with Crippen LogP contribution in [0.2, 0.25) is 0 Å². The molecule has 1 unspecified atom stereocenters. The fraction of sp³-hybridized carbons (Fsp3) is 0.310. The van der Waals surface area contributed by atoms with Gasteiger partial charge >= 0.3 is 0 Å².